The van der Waals surface area contributed by atoms with Crippen molar-refractivity contribution in [3.8, 4) is 16.9 Å². The molecule has 1 atom stereocenters. The molecule has 0 radical (unpaired) electrons. The number of aliphatic carboxylic acids is 1. The SMILES string of the molecule is CC(C)(C)Cc1cc(COc2cccc(C(CC(=O)O)C3CC3)c2)ccc1-c1ccccc1F. The van der Waals surface area contributed by atoms with Crippen LogP contribution in [0.1, 0.15) is 62.6 Å². The second kappa shape index (κ2) is 10.0. The fourth-order valence-corrected chi connectivity index (χ4v) is 4.64. The molecule has 1 unspecified atom stereocenters. The molecular weight excluding hydrogens is 427 g/mol. The second-order valence-corrected chi connectivity index (χ2v) is 10.6. The third kappa shape index (κ3) is 6.25. The van der Waals surface area contributed by atoms with Gasteiger partial charge in [0.2, 0.25) is 0 Å². The summed E-state index contributed by atoms with van der Waals surface area (Å²) in [6.45, 7) is 6.94. The van der Waals surface area contributed by atoms with Gasteiger partial charge in [-0.3, -0.25) is 4.79 Å². The summed E-state index contributed by atoms with van der Waals surface area (Å²) in [5.41, 5.74) is 4.74. The Hall–Kier alpha value is -3.14. The molecule has 3 nitrogen and oxygen atoms in total. The lowest BCUT2D eigenvalue weighted by atomic mass is 9.84. The summed E-state index contributed by atoms with van der Waals surface area (Å²) in [6, 6.07) is 20.8. The third-order valence-electron chi connectivity index (χ3n) is 6.33. The first-order valence-corrected chi connectivity index (χ1v) is 12.0. The van der Waals surface area contributed by atoms with Gasteiger partial charge >= 0.3 is 5.97 Å². The minimum Gasteiger partial charge on any atom is -0.489 e. The van der Waals surface area contributed by atoms with Crippen molar-refractivity contribution in [3.63, 3.8) is 0 Å². The maximum absolute atomic E-state index is 14.5. The highest BCUT2D eigenvalue weighted by Crippen LogP contribution is 2.45. The quantitative estimate of drug-likeness (QED) is 0.357. The van der Waals surface area contributed by atoms with E-state index in [2.05, 4.69) is 26.8 Å². The van der Waals surface area contributed by atoms with Gasteiger partial charge in [0.25, 0.3) is 0 Å². The molecule has 1 saturated carbocycles. The highest BCUT2D eigenvalue weighted by Gasteiger charge is 2.33. The van der Waals surface area contributed by atoms with E-state index in [1.54, 1.807) is 6.07 Å². The molecule has 0 amide bonds. The van der Waals surface area contributed by atoms with Crippen LogP contribution >= 0.6 is 0 Å². The summed E-state index contributed by atoms with van der Waals surface area (Å²) >= 11 is 0. The molecule has 0 spiro atoms. The van der Waals surface area contributed by atoms with Gasteiger partial charge in [0.15, 0.2) is 0 Å². The van der Waals surface area contributed by atoms with Gasteiger partial charge in [0, 0.05) is 5.56 Å². The van der Waals surface area contributed by atoms with Gasteiger partial charge in [-0.1, -0.05) is 69.3 Å². The Balaban J connectivity index is 1.55. The average Bonchev–Trinajstić information content (AvgIpc) is 3.61. The zero-order chi connectivity index (χ0) is 24.3. The molecule has 1 fully saturated rings. The summed E-state index contributed by atoms with van der Waals surface area (Å²) < 4.78 is 20.7. The van der Waals surface area contributed by atoms with Crippen LogP contribution in [-0.4, -0.2) is 11.1 Å². The predicted molar refractivity (Wildman–Crippen MR) is 133 cm³/mol. The van der Waals surface area contributed by atoms with Crippen molar-refractivity contribution < 1.29 is 19.0 Å². The first kappa shape index (κ1) is 24.0. The Kier molecular flexibility index (Phi) is 7.06. The van der Waals surface area contributed by atoms with Crippen LogP contribution in [0.4, 0.5) is 4.39 Å². The first-order chi connectivity index (χ1) is 16.2. The highest BCUT2D eigenvalue weighted by molar-refractivity contribution is 5.69. The third-order valence-corrected chi connectivity index (χ3v) is 6.33. The average molecular weight is 461 g/mol. The molecule has 34 heavy (non-hydrogen) atoms. The van der Waals surface area contributed by atoms with Crippen LogP contribution < -0.4 is 4.74 Å². The molecule has 178 valence electrons. The van der Waals surface area contributed by atoms with Crippen molar-refractivity contribution in [2.45, 2.75) is 59.0 Å². The highest BCUT2D eigenvalue weighted by atomic mass is 19.1. The summed E-state index contributed by atoms with van der Waals surface area (Å²) in [6.07, 6.45) is 3.15. The van der Waals surface area contributed by atoms with E-state index in [1.807, 2.05) is 48.5 Å². The second-order valence-electron chi connectivity index (χ2n) is 10.6. The van der Waals surface area contributed by atoms with Gasteiger partial charge in [0.05, 0.1) is 6.42 Å². The van der Waals surface area contributed by atoms with Gasteiger partial charge < -0.3 is 9.84 Å². The molecule has 0 bridgehead atoms. The molecule has 4 heteroatoms. The van der Waals surface area contributed by atoms with Crippen molar-refractivity contribution in [2.24, 2.45) is 11.3 Å². The van der Waals surface area contributed by atoms with E-state index in [1.165, 1.54) is 6.07 Å². The maximum atomic E-state index is 14.5. The van der Waals surface area contributed by atoms with E-state index in [-0.39, 0.29) is 23.6 Å². The number of rotatable bonds is 9. The van der Waals surface area contributed by atoms with E-state index in [0.29, 0.717) is 18.1 Å². The molecule has 1 aliphatic carbocycles. The van der Waals surface area contributed by atoms with Crippen LogP contribution in [0.15, 0.2) is 66.7 Å². The van der Waals surface area contributed by atoms with Gasteiger partial charge in [-0.15, -0.1) is 0 Å². The van der Waals surface area contributed by atoms with E-state index in [9.17, 15) is 14.3 Å². The fourth-order valence-electron chi connectivity index (χ4n) is 4.64. The number of ether oxygens (including phenoxy) is 1. The zero-order valence-electron chi connectivity index (χ0n) is 20.2. The summed E-state index contributed by atoms with van der Waals surface area (Å²) in [7, 11) is 0. The number of carbonyl (C=O) groups is 1. The normalized spacial score (nSPS) is 14.6. The van der Waals surface area contributed by atoms with Crippen molar-refractivity contribution in [1.82, 2.24) is 0 Å². The van der Waals surface area contributed by atoms with E-state index in [0.717, 1.165) is 47.3 Å². The molecule has 0 aliphatic heterocycles. The van der Waals surface area contributed by atoms with Gasteiger partial charge in [-0.2, -0.15) is 0 Å². The topological polar surface area (TPSA) is 46.5 Å². The van der Waals surface area contributed by atoms with E-state index in [4.69, 9.17) is 4.74 Å². The molecule has 4 rings (SSSR count). The maximum Gasteiger partial charge on any atom is 0.303 e. The standard InChI is InChI=1S/C30H33FO3/c1-30(2,3)18-23-15-20(11-14-25(23)26-9-4-5-10-28(26)31)19-34-24-8-6-7-22(16-24)27(17-29(32)33)21-12-13-21/h4-11,14-16,21,27H,12-13,17-19H2,1-3H3,(H,32,33). The molecule has 1 N–H and O–H groups in total. The predicted octanol–water partition coefficient (Wildman–Crippen LogP) is 7.63. The van der Waals surface area contributed by atoms with Gasteiger partial charge in [-0.05, 0) is 77.0 Å². The molecule has 3 aromatic carbocycles. The molecular formula is C30H33FO3. The number of halogens is 1. The molecule has 0 aromatic heterocycles. The number of benzene rings is 3. The van der Waals surface area contributed by atoms with Crippen LogP contribution in [-0.2, 0) is 17.8 Å². The molecule has 1 aliphatic rings. The minimum atomic E-state index is -0.760. The number of hydrogen-bond acceptors (Lipinski definition) is 2. The fraction of sp³-hybridized carbons (Fsp3) is 0.367. The Bertz CT molecular complexity index is 1160. The van der Waals surface area contributed by atoms with Gasteiger partial charge in [-0.25, -0.2) is 4.39 Å². The summed E-state index contributed by atoms with van der Waals surface area (Å²) in [4.78, 5) is 11.3. The van der Waals surface area contributed by atoms with Crippen molar-refractivity contribution >= 4 is 5.97 Å². The number of carboxylic acids is 1. The van der Waals surface area contributed by atoms with Gasteiger partial charge in [0.1, 0.15) is 18.2 Å². The number of carboxylic acid groups (broad SMARTS) is 1. The first-order valence-electron chi connectivity index (χ1n) is 12.0. The lowest BCUT2D eigenvalue weighted by molar-refractivity contribution is -0.137. The van der Waals surface area contributed by atoms with Crippen LogP contribution in [0.5, 0.6) is 5.75 Å². The summed E-state index contributed by atoms with van der Waals surface area (Å²) in [5, 5.41) is 9.32. The van der Waals surface area contributed by atoms with E-state index < -0.39 is 5.97 Å². The molecule has 0 saturated heterocycles. The lowest BCUT2D eigenvalue weighted by Crippen LogP contribution is -2.11. The van der Waals surface area contributed by atoms with Crippen molar-refractivity contribution in [3.05, 3.63) is 89.2 Å². The molecule has 3 aromatic rings. The Morgan fingerprint density at radius 2 is 1.79 bits per heavy atom. The lowest BCUT2D eigenvalue weighted by Gasteiger charge is -2.22. The largest absolute Gasteiger partial charge is 0.489 e. The van der Waals surface area contributed by atoms with Crippen LogP contribution in [0, 0.1) is 17.2 Å². The monoisotopic (exact) mass is 460 g/mol. The Morgan fingerprint density at radius 3 is 2.47 bits per heavy atom. The van der Waals surface area contributed by atoms with Crippen molar-refractivity contribution in [1.29, 1.82) is 0 Å². The van der Waals surface area contributed by atoms with Crippen LogP contribution in [0.3, 0.4) is 0 Å². The Labute approximate surface area is 201 Å². The smallest absolute Gasteiger partial charge is 0.303 e. The Morgan fingerprint density at radius 1 is 1.03 bits per heavy atom. The number of hydrogen-bond donors (Lipinski definition) is 1. The summed E-state index contributed by atoms with van der Waals surface area (Å²) in [5.74, 6) is 0.260. The zero-order valence-corrected chi connectivity index (χ0v) is 20.2. The molecule has 0 heterocycles. The van der Waals surface area contributed by atoms with Crippen molar-refractivity contribution in [2.75, 3.05) is 0 Å². The van der Waals surface area contributed by atoms with Crippen LogP contribution in [0.25, 0.3) is 11.1 Å². The van der Waals surface area contributed by atoms with E-state index >= 15 is 0 Å². The van der Waals surface area contributed by atoms with Crippen LogP contribution in [0.2, 0.25) is 0 Å². The minimum absolute atomic E-state index is 0.0412.